The Morgan fingerprint density at radius 1 is 1.27 bits per heavy atom. The normalized spacial score (nSPS) is 10.1. The number of hydrogen-bond donors (Lipinski definition) is 1. The van der Waals surface area contributed by atoms with Crippen LogP contribution in [0.1, 0.15) is 23.7 Å². The van der Waals surface area contributed by atoms with E-state index >= 15 is 0 Å². The predicted molar refractivity (Wildman–Crippen MR) is 63.1 cm³/mol. The van der Waals surface area contributed by atoms with Crippen LogP contribution in [0.15, 0.2) is 21.1 Å². The highest BCUT2D eigenvalue weighted by Crippen LogP contribution is 2.33. The first-order valence-electron chi connectivity index (χ1n) is 4.12. The number of phenolic OH excluding ortho intramolecular Hbond substituents is 1. The van der Waals surface area contributed by atoms with Crippen LogP contribution in [0.25, 0.3) is 0 Å². The van der Waals surface area contributed by atoms with Crippen molar-refractivity contribution in [2.24, 2.45) is 0 Å². The molecule has 0 fully saturated rings. The summed E-state index contributed by atoms with van der Waals surface area (Å²) in [6.07, 6.45) is -0.121. The van der Waals surface area contributed by atoms with Crippen molar-refractivity contribution in [3.8, 4) is 5.75 Å². The summed E-state index contributed by atoms with van der Waals surface area (Å²) in [5, 5.41) is 9.42. The summed E-state index contributed by atoms with van der Waals surface area (Å²) < 4.78 is 0.840. The Labute approximate surface area is 104 Å². The summed E-state index contributed by atoms with van der Waals surface area (Å²) >= 11 is 6.23. The third-order valence-corrected chi connectivity index (χ3v) is 2.96. The number of carbonyl (C=O) groups is 2. The molecular formula is C10H8Br2O3. The molecule has 3 nitrogen and oxygen atoms in total. The number of carbonyl (C=O) groups excluding carboxylic acids is 2. The highest BCUT2D eigenvalue weighted by atomic mass is 79.9. The molecule has 1 N–H and O–H groups in total. The lowest BCUT2D eigenvalue weighted by Gasteiger charge is -2.04. The van der Waals surface area contributed by atoms with Crippen molar-refractivity contribution >= 4 is 43.4 Å². The lowest BCUT2D eigenvalue weighted by Crippen LogP contribution is -2.04. The summed E-state index contributed by atoms with van der Waals surface area (Å²) in [5.74, 6) is -0.404. The van der Waals surface area contributed by atoms with Crippen LogP contribution in [0, 0.1) is 0 Å². The van der Waals surface area contributed by atoms with Crippen LogP contribution >= 0.6 is 31.9 Å². The fraction of sp³-hybridized carbons (Fsp3) is 0.200. The molecule has 15 heavy (non-hydrogen) atoms. The van der Waals surface area contributed by atoms with Gasteiger partial charge in [-0.25, -0.2) is 0 Å². The largest absolute Gasteiger partial charge is 0.506 e. The molecule has 0 aliphatic rings. The molecule has 0 radical (unpaired) electrons. The molecule has 1 aromatic rings. The molecule has 1 rings (SSSR count). The van der Waals surface area contributed by atoms with Crippen molar-refractivity contribution in [1.29, 1.82) is 0 Å². The lowest BCUT2D eigenvalue weighted by molar-refractivity contribution is -0.116. The van der Waals surface area contributed by atoms with Crippen molar-refractivity contribution < 1.29 is 14.7 Å². The quantitative estimate of drug-likeness (QED) is 0.682. The predicted octanol–water partition coefficient (Wildman–Crippen LogP) is 3.08. The zero-order chi connectivity index (χ0) is 11.6. The van der Waals surface area contributed by atoms with E-state index in [9.17, 15) is 14.7 Å². The van der Waals surface area contributed by atoms with E-state index in [0.29, 0.717) is 14.5 Å². The maximum absolute atomic E-state index is 11.5. The topological polar surface area (TPSA) is 54.4 Å². The average molecular weight is 336 g/mol. The summed E-state index contributed by atoms with van der Waals surface area (Å²) in [4.78, 5) is 22.3. The van der Waals surface area contributed by atoms with Crippen LogP contribution < -0.4 is 0 Å². The fourth-order valence-electron chi connectivity index (χ4n) is 1.05. The summed E-state index contributed by atoms with van der Waals surface area (Å²) in [5.41, 5.74) is 0.391. The Morgan fingerprint density at radius 3 is 2.13 bits per heavy atom. The van der Waals surface area contributed by atoms with Gasteiger partial charge in [0, 0.05) is 5.56 Å². The number of Topliss-reactive ketones (excluding diaryl/α,β-unsaturated/α-hetero) is 2. The zero-order valence-corrected chi connectivity index (χ0v) is 11.1. The lowest BCUT2D eigenvalue weighted by atomic mass is 10.1. The molecule has 0 spiro atoms. The van der Waals surface area contributed by atoms with E-state index in [1.807, 2.05) is 0 Å². The van der Waals surface area contributed by atoms with Crippen molar-refractivity contribution in [3.05, 3.63) is 26.6 Å². The number of benzene rings is 1. The van der Waals surface area contributed by atoms with Crippen LogP contribution in [0.4, 0.5) is 0 Å². The van der Waals surface area contributed by atoms with E-state index in [2.05, 4.69) is 31.9 Å². The van der Waals surface area contributed by atoms with Gasteiger partial charge in [0.05, 0.1) is 15.4 Å². The maximum atomic E-state index is 11.5. The van der Waals surface area contributed by atoms with E-state index in [1.165, 1.54) is 19.1 Å². The Morgan fingerprint density at radius 2 is 1.73 bits per heavy atom. The molecule has 0 aromatic heterocycles. The SMILES string of the molecule is CC(=O)CC(=O)c1cc(Br)c(O)c(Br)c1. The van der Waals surface area contributed by atoms with E-state index < -0.39 is 0 Å². The van der Waals surface area contributed by atoms with Gasteiger partial charge in [-0.05, 0) is 50.9 Å². The third-order valence-electron chi connectivity index (χ3n) is 1.75. The summed E-state index contributed by atoms with van der Waals surface area (Å²) in [6.45, 7) is 1.36. The van der Waals surface area contributed by atoms with Crippen molar-refractivity contribution in [2.45, 2.75) is 13.3 Å². The summed E-state index contributed by atoms with van der Waals surface area (Å²) in [6, 6.07) is 2.98. The first-order chi connectivity index (χ1) is 6.91. The van der Waals surface area contributed by atoms with E-state index in [1.54, 1.807) is 0 Å². The molecule has 5 heteroatoms. The Hall–Kier alpha value is -0.680. The van der Waals surface area contributed by atoms with Gasteiger partial charge in [0.1, 0.15) is 11.5 Å². The molecule has 1 aromatic carbocycles. The Balaban J connectivity index is 3.06. The average Bonchev–Trinajstić information content (AvgIpc) is 2.12. The molecule has 0 saturated carbocycles. The van der Waals surface area contributed by atoms with Gasteiger partial charge >= 0.3 is 0 Å². The number of aromatic hydroxyl groups is 1. The first kappa shape index (κ1) is 12.4. The number of ketones is 2. The maximum Gasteiger partial charge on any atom is 0.170 e. The smallest absolute Gasteiger partial charge is 0.170 e. The molecule has 0 saturated heterocycles. The molecule has 0 heterocycles. The number of hydrogen-bond acceptors (Lipinski definition) is 3. The second-order valence-corrected chi connectivity index (χ2v) is 4.80. The van der Waals surface area contributed by atoms with Crippen molar-refractivity contribution in [3.63, 3.8) is 0 Å². The minimum atomic E-state index is -0.260. The molecule has 0 amide bonds. The molecule has 0 bridgehead atoms. The molecule has 0 atom stereocenters. The van der Waals surface area contributed by atoms with Crippen LogP contribution in [-0.2, 0) is 4.79 Å². The van der Waals surface area contributed by atoms with Gasteiger partial charge in [0.15, 0.2) is 5.78 Å². The number of rotatable bonds is 3. The van der Waals surface area contributed by atoms with Gasteiger partial charge < -0.3 is 5.11 Å². The molecule has 0 aliphatic heterocycles. The standard InChI is InChI=1S/C10H8Br2O3/c1-5(13)2-9(14)6-3-7(11)10(15)8(12)4-6/h3-4,15H,2H2,1H3. The van der Waals surface area contributed by atoms with E-state index in [-0.39, 0.29) is 23.7 Å². The van der Waals surface area contributed by atoms with Crippen LogP contribution in [-0.4, -0.2) is 16.7 Å². The molecule has 0 aliphatic carbocycles. The fourth-order valence-corrected chi connectivity index (χ4v) is 2.24. The zero-order valence-electron chi connectivity index (χ0n) is 7.88. The molecular weight excluding hydrogens is 328 g/mol. The van der Waals surface area contributed by atoms with Gasteiger partial charge in [-0.15, -0.1) is 0 Å². The van der Waals surface area contributed by atoms with E-state index in [0.717, 1.165) is 0 Å². The summed E-state index contributed by atoms with van der Waals surface area (Å²) in [7, 11) is 0. The van der Waals surface area contributed by atoms with Gasteiger partial charge in [-0.3, -0.25) is 9.59 Å². The van der Waals surface area contributed by atoms with Crippen LogP contribution in [0.2, 0.25) is 0 Å². The molecule has 80 valence electrons. The van der Waals surface area contributed by atoms with Gasteiger partial charge in [-0.1, -0.05) is 0 Å². The van der Waals surface area contributed by atoms with E-state index in [4.69, 9.17) is 0 Å². The second kappa shape index (κ2) is 4.90. The minimum absolute atomic E-state index is 0.0365. The van der Waals surface area contributed by atoms with Crippen molar-refractivity contribution in [2.75, 3.05) is 0 Å². The number of halogens is 2. The van der Waals surface area contributed by atoms with Gasteiger partial charge in [0.2, 0.25) is 0 Å². The van der Waals surface area contributed by atoms with Gasteiger partial charge in [-0.2, -0.15) is 0 Å². The number of phenols is 1. The minimum Gasteiger partial charge on any atom is -0.506 e. The highest BCUT2D eigenvalue weighted by Gasteiger charge is 2.13. The van der Waals surface area contributed by atoms with Crippen LogP contribution in [0.3, 0.4) is 0 Å². The Bertz CT molecular complexity index is 404. The second-order valence-electron chi connectivity index (χ2n) is 3.09. The van der Waals surface area contributed by atoms with Crippen molar-refractivity contribution in [1.82, 2.24) is 0 Å². The van der Waals surface area contributed by atoms with Crippen LogP contribution in [0.5, 0.6) is 5.75 Å². The Kier molecular flexibility index (Phi) is 4.04. The third kappa shape index (κ3) is 3.14. The highest BCUT2D eigenvalue weighted by molar-refractivity contribution is 9.11. The first-order valence-corrected chi connectivity index (χ1v) is 5.71. The monoisotopic (exact) mass is 334 g/mol. The van der Waals surface area contributed by atoms with Gasteiger partial charge in [0.25, 0.3) is 0 Å². The molecule has 0 unspecified atom stereocenters.